The number of phenolic OH excluding ortho intramolecular Hbond substituents is 1. The van der Waals surface area contributed by atoms with Crippen LogP contribution in [0.3, 0.4) is 0 Å². The van der Waals surface area contributed by atoms with Gasteiger partial charge in [0.25, 0.3) is 0 Å². The lowest BCUT2D eigenvalue weighted by atomic mass is 9.84. The van der Waals surface area contributed by atoms with Crippen molar-refractivity contribution in [3.05, 3.63) is 41.5 Å². The molecule has 1 atom stereocenters. The molecular weight excluding hydrogens is 314 g/mol. The summed E-state index contributed by atoms with van der Waals surface area (Å²) in [4.78, 5) is 12.1. The molecule has 1 aliphatic heterocycles. The summed E-state index contributed by atoms with van der Waals surface area (Å²) in [6.07, 6.45) is 0.317. The van der Waals surface area contributed by atoms with Gasteiger partial charge >= 0.3 is 0 Å². The summed E-state index contributed by atoms with van der Waals surface area (Å²) in [5.41, 5.74) is 4.25. The number of aromatic nitrogens is 2. The number of carbonyl (C=O) groups is 1. The van der Waals surface area contributed by atoms with Gasteiger partial charge in [-0.15, -0.1) is 0 Å². The zero-order valence-corrected chi connectivity index (χ0v) is 13.1. The maximum Gasteiger partial charge on any atom is 0.225 e. The number of aromatic hydroxyl groups is 1. The number of amides is 1. The molecule has 23 heavy (non-hydrogen) atoms. The molecule has 2 aromatic carbocycles. The van der Waals surface area contributed by atoms with Crippen LogP contribution in [-0.2, 0) is 4.79 Å². The Morgan fingerprint density at radius 2 is 2.17 bits per heavy atom. The van der Waals surface area contributed by atoms with E-state index in [1.807, 2.05) is 18.2 Å². The molecule has 1 aliphatic rings. The van der Waals surface area contributed by atoms with Crippen LogP contribution in [0.5, 0.6) is 11.5 Å². The minimum atomic E-state index is -0.152. The third-order valence-corrected chi connectivity index (χ3v) is 4.63. The molecule has 0 bridgehead atoms. The molecule has 4 rings (SSSR count). The Hall–Kier alpha value is -2.67. The first-order chi connectivity index (χ1) is 11.2. The van der Waals surface area contributed by atoms with Crippen molar-refractivity contribution in [2.45, 2.75) is 12.3 Å². The molecule has 0 unspecified atom stereocenters. The van der Waals surface area contributed by atoms with E-state index in [0.717, 1.165) is 39.6 Å². The normalized spacial score (nSPS) is 16.9. The SMILES string of the molecule is COc1cc([C@@H]2CC(=O)Nc3ccc4nsnc4c32)ccc1O. The van der Waals surface area contributed by atoms with Gasteiger partial charge < -0.3 is 15.2 Å². The van der Waals surface area contributed by atoms with Crippen molar-refractivity contribution < 1.29 is 14.6 Å². The number of methoxy groups -OCH3 is 1. The topological polar surface area (TPSA) is 84.3 Å². The fourth-order valence-corrected chi connectivity index (χ4v) is 3.57. The van der Waals surface area contributed by atoms with E-state index in [1.54, 1.807) is 12.1 Å². The van der Waals surface area contributed by atoms with E-state index in [4.69, 9.17) is 4.74 Å². The molecule has 3 aromatic rings. The predicted octanol–water partition coefficient (Wildman–Crippen LogP) is 2.88. The van der Waals surface area contributed by atoms with Crippen LogP contribution in [0.15, 0.2) is 30.3 Å². The Balaban J connectivity index is 1.93. The maximum absolute atomic E-state index is 12.1. The van der Waals surface area contributed by atoms with Gasteiger partial charge in [0.05, 0.1) is 18.8 Å². The zero-order valence-electron chi connectivity index (χ0n) is 12.2. The summed E-state index contributed by atoms with van der Waals surface area (Å²) in [6, 6.07) is 8.88. The summed E-state index contributed by atoms with van der Waals surface area (Å²) < 4.78 is 13.9. The minimum absolute atomic E-state index is 0.0444. The standard InChI is InChI=1S/C16H13N3O3S/c1-22-13-6-8(2-5-12(13)20)9-7-14(21)17-10-3-4-11-16(15(9)10)19-23-18-11/h2-6,9,20H,7H2,1H3,(H,17,21)/t9-/m0/s1. The first kappa shape index (κ1) is 14.0. The van der Waals surface area contributed by atoms with E-state index in [9.17, 15) is 9.90 Å². The highest BCUT2D eigenvalue weighted by Gasteiger charge is 2.30. The van der Waals surface area contributed by atoms with E-state index in [1.165, 1.54) is 7.11 Å². The Bertz CT molecular complexity index is 922. The van der Waals surface area contributed by atoms with Gasteiger partial charge in [0.1, 0.15) is 11.0 Å². The fourth-order valence-electron chi connectivity index (χ4n) is 3.02. The third-order valence-electron chi connectivity index (χ3n) is 4.09. The van der Waals surface area contributed by atoms with Crippen molar-refractivity contribution in [2.24, 2.45) is 0 Å². The van der Waals surface area contributed by atoms with Crippen LogP contribution in [0, 0.1) is 0 Å². The monoisotopic (exact) mass is 327 g/mol. The Labute approximate surface area is 136 Å². The highest BCUT2D eigenvalue weighted by atomic mass is 32.1. The van der Waals surface area contributed by atoms with Crippen LogP contribution in [0.25, 0.3) is 11.0 Å². The summed E-state index contributed by atoms with van der Waals surface area (Å²) in [7, 11) is 1.50. The van der Waals surface area contributed by atoms with Gasteiger partial charge in [-0.25, -0.2) is 0 Å². The second kappa shape index (κ2) is 5.20. The van der Waals surface area contributed by atoms with Gasteiger partial charge in [0.15, 0.2) is 11.5 Å². The average molecular weight is 327 g/mol. The predicted molar refractivity (Wildman–Crippen MR) is 87.2 cm³/mol. The number of carbonyl (C=O) groups excluding carboxylic acids is 1. The molecule has 0 radical (unpaired) electrons. The Morgan fingerprint density at radius 3 is 3.00 bits per heavy atom. The summed E-state index contributed by atoms with van der Waals surface area (Å²) in [5.74, 6) is 0.266. The van der Waals surface area contributed by atoms with Gasteiger partial charge in [-0.2, -0.15) is 8.75 Å². The van der Waals surface area contributed by atoms with Gasteiger partial charge in [0.2, 0.25) is 5.91 Å². The Morgan fingerprint density at radius 1 is 1.30 bits per heavy atom. The lowest BCUT2D eigenvalue weighted by Crippen LogP contribution is -2.23. The van der Waals surface area contributed by atoms with Crippen LogP contribution in [0.2, 0.25) is 0 Å². The molecule has 0 fully saturated rings. The molecule has 6 nitrogen and oxygen atoms in total. The number of hydrogen-bond donors (Lipinski definition) is 2. The maximum atomic E-state index is 12.1. The first-order valence-electron chi connectivity index (χ1n) is 7.09. The summed E-state index contributed by atoms with van der Waals surface area (Å²) in [5, 5.41) is 12.7. The van der Waals surface area contributed by atoms with Crippen molar-refractivity contribution in [2.75, 3.05) is 12.4 Å². The number of nitrogens with zero attached hydrogens (tertiary/aromatic N) is 2. The lowest BCUT2D eigenvalue weighted by Gasteiger charge is -2.26. The van der Waals surface area contributed by atoms with Crippen molar-refractivity contribution in [3.8, 4) is 11.5 Å². The zero-order chi connectivity index (χ0) is 16.0. The second-order valence-corrected chi connectivity index (χ2v) is 5.92. The van der Waals surface area contributed by atoms with Crippen LogP contribution < -0.4 is 10.1 Å². The van der Waals surface area contributed by atoms with E-state index >= 15 is 0 Å². The van der Waals surface area contributed by atoms with Gasteiger partial charge in [-0.1, -0.05) is 6.07 Å². The van der Waals surface area contributed by atoms with E-state index in [-0.39, 0.29) is 17.6 Å². The molecule has 2 N–H and O–H groups in total. The number of hydrogen-bond acceptors (Lipinski definition) is 6. The third kappa shape index (κ3) is 2.20. The quantitative estimate of drug-likeness (QED) is 0.756. The molecule has 2 heterocycles. The van der Waals surface area contributed by atoms with E-state index < -0.39 is 0 Å². The highest BCUT2D eigenvalue weighted by Crippen LogP contribution is 2.42. The van der Waals surface area contributed by atoms with E-state index in [0.29, 0.717) is 12.2 Å². The van der Waals surface area contributed by atoms with Crippen LogP contribution in [0.4, 0.5) is 5.69 Å². The van der Waals surface area contributed by atoms with Crippen molar-refractivity contribution in [3.63, 3.8) is 0 Å². The Kier molecular flexibility index (Phi) is 3.16. The fraction of sp³-hybridized carbons (Fsp3) is 0.188. The second-order valence-electron chi connectivity index (χ2n) is 5.39. The van der Waals surface area contributed by atoms with E-state index in [2.05, 4.69) is 14.1 Å². The number of fused-ring (bicyclic) bond motifs is 3. The average Bonchev–Trinajstić information content (AvgIpc) is 3.03. The molecule has 0 saturated heterocycles. The minimum Gasteiger partial charge on any atom is -0.504 e. The summed E-state index contributed by atoms with van der Waals surface area (Å²) in [6.45, 7) is 0. The number of phenols is 1. The first-order valence-corrected chi connectivity index (χ1v) is 7.82. The van der Waals surface area contributed by atoms with Crippen molar-refractivity contribution in [1.82, 2.24) is 8.75 Å². The smallest absolute Gasteiger partial charge is 0.225 e. The van der Waals surface area contributed by atoms with Crippen LogP contribution in [0.1, 0.15) is 23.5 Å². The van der Waals surface area contributed by atoms with Gasteiger partial charge in [0, 0.05) is 23.6 Å². The molecule has 1 amide bonds. The molecule has 1 aromatic heterocycles. The van der Waals surface area contributed by atoms with Gasteiger partial charge in [-0.3, -0.25) is 4.79 Å². The number of benzene rings is 2. The highest BCUT2D eigenvalue weighted by molar-refractivity contribution is 7.00. The lowest BCUT2D eigenvalue weighted by molar-refractivity contribution is -0.116. The van der Waals surface area contributed by atoms with Crippen molar-refractivity contribution >= 4 is 34.4 Å². The van der Waals surface area contributed by atoms with Gasteiger partial charge in [-0.05, 0) is 29.8 Å². The number of nitrogens with one attached hydrogen (secondary N) is 1. The largest absolute Gasteiger partial charge is 0.504 e. The summed E-state index contributed by atoms with van der Waals surface area (Å²) >= 11 is 1.16. The number of anilines is 1. The molecule has 0 saturated carbocycles. The number of rotatable bonds is 2. The van der Waals surface area contributed by atoms with Crippen molar-refractivity contribution in [1.29, 1.82) is 0 Å². The molecule has 7 heteroatoms. The number of ether oxygens (including phenoxy) is 1. The molecule has 116 valence electrons. The molecule has 0 aliphatic carbocycles. The molecule has 0 spiro atoms. The molecular formula is C16H13N3O3S. The van der Waals surface area contributed by atoms with Crippen LogP contribution >= 0.6 is 11.7 Å². The van der Waals surface area contributed by atoms with Crippen LogP contribution in [-0.4, -0.2) is 26.9 Å².